The number of methoxy groups -OCH3 is 1. The number of hydrogen-bond acceptors (Lipinski definition) is 2. The third-order valence-electron chi connectivity index (χ3n) is 2.78. The maximum absolute atomic E-state index is 13.8. The van der Waals surface area contributed by atoms with Gasteiger partial charge >= 0.3 is 0 Å². The zero-order chi connectivity index (χ0) is 13.1. The lowest BCUT2D eigenvalue weighted by Gasteiger charge is -2.14. The molecule has 0 saturated carbocycles. The van der Waals surface area contributed by atoms with Gasteiger partial charge in [0.1, 0.15) is 17.4 Å². The normalized spacial score (nSPS) is 12.2. The Kier molecular flexibility index (Phi) is 3.58. The van der Waals surface area contributed by atoms with Crippen LogP contribution in [-0.4, -0.2) is 7.11 Å². The summed E-state index contributed by atoms with van der Waals surface area (Å²) in [5, 5.41) is 0. The summed E-state index contributed by atoms with van der Waals surface area (Å²) in [6, 6.07) is 9.58. The molecular weight excluding hydrogens is 236 g/mol. The summed E-state index contributed by atoms with van der Waals surface area (Å²) in [7, 11) is 1.45. The Morgan fingerprint density at radius 1 is 1.00 bits per heavy atom. The summed E-state index contributed by atoms with van der Waals surface area (Å²) < 4.78 is 32.3. The summed E-state index contributed by atoms with van der Waals surface area (Å²) >= 11 is 0. The molecule has 0 saturated heterocycles. The lowest BCUT2D eigenvalue weighted by molar-refractivity contribution is 0.410. The molecule has 18 heavy (non-hydrogen) atoms. The molecule has 2 aromatic rings. The fourth-order valence-electron chi connectivity index (χ4n) is 1.78. The van der Waals surface area contributed by atoms with Crippen molar-refractivity contribution in [2.24, 2.45) is 5.73 Å². The highest BCUT2D eigenvalue weighted by molar-refractivity contribution is 5.36. The first kappa shape index (κ1) is 12.5. The van der Waals surface area contributed by atoms with E-state index >= 15 is 0 Å². The Bertz CT molecular complexity index is 557. The Morgan fingerprint density at radius 3 is 2.28 bits per heavy atom. The fraction of sp³-hybridized carbons (Fsp3) is 0.143. The van der Waals surface area contributed by atoms with Crippen LogP contribution in [0.2, 0.25) is 0 Å². The maximum Gasteiger partial charge on any atom is 0.132 e. The standard InChI is InChI=1S/C14H13F2NO/c1-18-9-6-7-11(13(16)8-9)14(17)10-4-2-3-5-12(10)15/h2-8,14H,17H2,1H3. The average molecular weight is 249 g/mol. The van der Waals surface area contributed by atoms with Crippen molar-refractivity contribution in [2.75, 3.05) is 7.11 Å². The summed E-state index contributed by atoms with van der Waals surface area (Å²) in [6.07, 6.45) is 0. The van der Waals surface area contributed by atoms with Crippen LogP contribution in [0.3, 0.4) is 0 Å². The first-order chi connectivity index (χ1) is 8.63. The van der Waals surface area contributed by atoms with E-state index in [1.807, 2.05) is 0 Å². The minimum absolute atomic E-state index is 0.237. The molecule has 0 bridgehead atoms. The predicted molar refractivity (Wildman–Crippen MR) is 65.4 cm³/mol. The highest BCUT2D eigenvalue weighted by atomic mass is 19.1. The van der Waals surface area contributed by atoms with Gasteiger partial charge in [0.05, 0.1) is 13.2 Å². The van der Waals surface area contributed by atoms with E-state index in [9.17, 15) is 8.78 Å². The van der Waals surface area contributed by atoms with E-state index in [1.54, 1.807) is 24.3 Å². The van der Waals surface area contributed by atoms with Crippen LogP contribution in [0, 0.1) is 11.6 Å². The second-order valence-electron chi connectivity index (χ2n) is 3.89. The van der Waals surface area contributed by atoms with Crippen LogP contribution >= 0.6 is 0 Å². The molecule has 0 aliphatic carbocycles. The topological polar surface area (TPSA) is 35.2 Å². The molecule has 2 aromatic carbocycles. The second kappa shape index (κ2) is 5.14. The van der Waals surface area contributed by atoms with Gasteiger partial charge < -0.3 is 10.5 Å². The van der Waals surface area contributed by atoms with Gasteiger partial charge in [0.2, 0.25) is 0 Å². The smallest absolute Gasteiger partial charge is 0.132 e. The van der Waals surface area contributed by atoms with Gasteiger partial charge in [-0.3, -0.25) is 0 Å². The molecule has 0 radical (unpaired) electrons. The van der Waals surface area contributed by atoms with Gasteiger partial charge in [-0.2, -0.15) is 0 Å². The summed E-state index contributed by atoms with van der Waals surface area (Å²) in [5.74, 6) is -0.553. The van der Waals surface area contributed by atoms with Crippen molar-refractivity contribution < 1.29 is 13.5 Å². The minimum atomic E-state index is -0.836. The molecule has 94 valence electrons. The van der Waals surface area contributed by atoms with E-state index in [2.05, 4.69) is 0 Å². The lowest BCUT2D eigenvalue weighted by Crippen LogP contribution is -2.15. The van der Waals surface area contributed by atoms with E-state index < -0.39 is 17.7 Å². The summed E-state index contributed by atoms with van der Waals surface area (Å²) in [6.45, 7) is 0. The Balaban J connectivity index is 2.40. The van der Waals surface area contributed by atoms with E-state index in [0.29, 0.717) is 5.75 Å². The van der Waals surface area contributed by atoms with Crippen LogP contribution < -0.4 is 10.5 Å². The van der Waals surface area contributed by atoms with Crippen molar-refractivity contribution in [3.8, 4) is 5.75 Å². The van der Waals surface area contributed by atoms with Gasteiger partial charge in [-0.05, 0) is 12.1 Å². The van der Waals surface area contributed by atoms with Crippen molar-refractivity contribution in [1.29, 1.82) is 0 Å². The highest BCUT2D eigenvalue weighted by Gasteiger charge is 2.17. The molecule has 0 aliphatic rings. The number of hydrogen-bond donors (Lipinski definition) is 1. The van der Waals surface area contributed by atoms with Gasteiger partial charge in [0, 0.05) is 17.2 Å². The second-order valence-corrected chi connectivity index (χ2v) is 3.89. The molecule has 0 heterocycles. The molecule has 0 fully saturated rings. The maximum atomic E-state index is 13.8. The fourth-order valence-corrected chi connectivity index (χ4v) is 1.78. The molecule has 2 N–H and O–H groups in total. The molecule has 0 spiro atoms. The molecule has 0 aromatic heterocycles. The Hall–Kier alpha value is -1.94. The van der Waals surface area contributed by atoms with Crippen molar-refractivity contribution in [1.82, 2.24) is 0 Å². The Morgan fingerprint density at radius 2 is 1.67 bits per heavy atom. The zero-order valence-electron chi connectivity index (χ0n) is 9.86. The lowest BCUT2D eigenvalue weighted by atomic mass is 9.98. The average Bonchev–Trinajstić information content (AvgIpc) is 2.38. The summed E-state index contributed by atoms with van der Waals surface area (Å²) in [5.41, 5.74) is 6.39. The van der Waals surface area contributed by atoms with Crippen LogP contribution in [0.5, 0.6) is 5.75 Å². The third-order valence-corrected chi connectivity index (χ3v) is 2.78. The molecule has 2 rings (SSSR count). The van der Waals surface area contributed by atoms with Crippen LogP contribution in [0.4, 0.5) is 8.78 Å². The van der Waals surface area contributed by atoms with Gasteiger partial charge in [-0.25, -0.2) is 8.78 Å². The number of rotatable bonds is 3. The first-order valence-corrected chi connectivity index (χ1v) is 5.47. The van der Waals surface area contributed by atoms with Crippen LogP contribution in [0.1, 0.15) is 17.2 Å². The molecule has 1 atom stereocenters. The minimum Gasteiger partial charge on any atom is -0.497 e. The van der Waals surface area contributed by atoms with E-state index in [1.165, 1.54) is 25.3 Å². The van der Waals surface area contributed by atoms with Crippen molar-refractivity contribution >= 4 is 0 Å². The third kappa shape index (κ3) is 2.33. The van der Waals surface area contributed by atoms with Crippen molar-refractivity contribution in [2.45, 2.75) is 6.04 Å². The highest BCUT2D eigenvalue weighted by Crippen LogP contribution is 2.26. The molecule has 0 amide bonds. The van der Waals surface area contributed by atoms with Crippen LogP contribution in [-0.2, 0) is 0 Å². The molecule has 4 heteroatoms. The van der Waals surface area contributed by atoms with Gasteiger partial charge in [0.15, 0.2) is 0 Å². The molecule has 0 aliphatic heterocycles. The largest absolute Gasteiger partial charge is 0.497 e. The van der Waals surface area contributed by atoms with E-state index in [-0.39, 0.29) is 11.1 Å². The zero-order valence-corrected chi connectivity index (χ0v) is 9.86. The number of nitrogens with two attached hydrogens (primary N) is 1. The Labute approximate surface area is 104 Å². The number of halogens is 2. The van der Waals surface area contributed by atoms with Crippen LogP contribution in [0.25, 0.3) is 0 Å². The quantitative estimate of drug-likeness (QED) is 0.907. The predicted octanol–water partition coefficient (Wildman–Crippen LogP) is 3.02. The van der Waals surface area contributed by atoms with E-state index in [0.717, 1.165) is 0 Å². The molecule has 1 unspecified atom stereocenters. The number of benzene rings is 2. The van der Waals surface area contributed by atoms with Crippen LogP contribution in [0.15, 0.2) is 42.5 Å². The number of ether oxygens (including phenoxy) is 1. The van der Waals surface area contributed by atoms with Gasteiger partial charge in [-0.1, -0.05) is 24.3 Å². The van der Waals surface area contributed by atoms with E-state index in [4.69, 9.17) is 10.5 Å². The molecule has 2 nitrogen and oxygen atoms in total. The molecular formula is C14H13F2NO. The summed E-state index contributed by atoms with van der Waals surface area (Å²) in [4.78, 5) is 0. The first-order valence-electron chi connectivity index (χ1n) is 5.47. The SMILES string of the molecule is COc1ccc(C(N)c2ccccc2F)c(F)c1. The van der Waals surface area contributed by atoms with Crippen molar-refractivity contribution in [3.63, 3.8) is 0 Å². The monoisotopic (exact) mass is 249 g/mol. The van der Waals surface area contributed by atoms with Crippen molar-refractivity contribution in [3.05, 3.63) is 65.2 Å². The van der Waals surface area contributed by atoms with Gasteiger partial charge in [-0.15, -0.1) is 0 Å². The van der Waals surface area contributed by atoms with Gasteiger partial charge in [0.25, 0.3) is 0 Å².